The molecule has 2 rings (SSSR count). The molecule has 1 aromatic rings. The van der Waals surface area contributed by atoms with Crippen LogP contribution in [0.25, 0.3) is 0 Å². The maximum Gasteiger partial charge on any atom is 0.279 e. The van der Waals surface area contributed by atoms with Crippen LogP contribution in [0.5, 0.6) is 0 Å². The molecule has 1 heterocycles. The van der Waals surface area contributed by atoms with E-state index in [-0.39, 0.29) is 5.91 Å². The van der Waals surface area contributed by atoms with Gasteiger partial charge in [0.15, 0.2) is 6.54 Å². The van der Waals surface area contributed by atoms with E-state index in [1.807, 2.05) is 0 Å². The zero-order chi connectivity index (χ0) is 15.4. The molecular weight excluding hydrogens is 260 g/mol. The number of anilines is 1. The highest BCUT2D eigenvalue weighted by Gasteiger charge is 2.22. The third kappa shape index (κ3) is 4.31. The highest BCUT2D eigenvalue weighted by molar-refractivity contribution is 5.93. The third-order valence-electron chi connectivity index (χ3n) is 4.47. The molecule has 0 aromatic heterocycles. The van der Waals surface area contributed by atoms with Crippen molar-refractivity contribution >= 4 is 11.6 Å². The van der Waals surface area contributed by atoms with Crippen LogP contribution in [0.2, 0.25) is 0 Å². The number of hydrogen-bond donors (Lipinski definition) is 2. The Bertz CT molecular complexity index is 496. The lowest BCUT2D eigenvalue weighted by Gasteiger charge is -2.27. The van der Waals surface area contributed by atoms with Crippen LogP contribution in [-0.2, 0) is 4.79 Å². The van der Waals surface area contributed by atoms with Gasteiger partial charge in [-0.05, 0) is 36.8 Å². The second-order valence-corrected chi connectivity index (χ2v) is 6.87. The Balaban J connectivity index is 2.02. The van der Waals surface area contributed by atoms with E-state index in [1.54, 1.807) is 0 Å². The lowest BCUT2D eigenvalue weighted by Crippen LogP contribution is -3.14. The van der Waals surface area contributed by atoms with E-state index in [0.717, 1.165) is 30.3 Å². The summed E-state index contributed by atoms with van der Waals surface area (Å²) in [5.74, 6) is 1.31. The van der Waals surface area contributed by atoms with Gasteiger partial charge in [0.05, 0.1) is 13.1 Å². The highest BCUT2D eigenvalue weighted by Crippen LogP contribution is 2.27. The number of piperidine rings is 1. The fourth-order valence-electron chi connectivity index (χ4n) is 3.31. The van der Waals surface area contributed by atoms with Crippen molar-refractivity contribution in [1.82, 2.24) is 0 Å². The molecule has 1 aromatic carbocycles. The molecule has 0 spiro atoms. The zero-order valence-corrected chi connectivity index (χ0v) is 13.8. The molecule has 1 fully saturated rings. The van der Waals surface area contributed by atoms with Gasteiger partial charge in [-0.2, -0.15) is 0 Å². The van der Waals surface area contributed by atoms with E-state index < -0.39 is 0 Å². The van der Waals surface area contributed by atoms with Crippen LogP contribution in [0.1, 0.15) is 50.7 Å². The van der Waals surface area contributed by atoms with Gasteiger partial charge in [0.25, 0.3) is 5.91 Å². The van der Waals surface area contributed by atoms with Gasteiger partial charge in [0, 0.05) is 11.6 Å². The molecule has 1 aliphatic rings. The van der Waals surface area contributed by atoms with E-state index in [2.05, 4.69) is 51.2 Å². The highest BCUT2D eigenvalue weighted by atomic mass is 16.2. The summed E-state index contributed by atoms with van der Waals surface area (Å²) in [5, 5.41) is 3.16. The molecule has 1 amide bonds. The van der Waals surface area contributed by atoms with Crippen LogP contribution in [0, 0.1) is 12.8 Å². The predicted octanol–water partition coefficient (Wildman–Crippen LogP) is 2.37. The van der Waals surface area contributed by atoms with E-state index in [4.69, 9.17) is 0 Å². The summed E-state index contributed by atoms with van der Waals surface area (Å²) in [6.45, 7) is 11.5. The maximum absolute atomic E-state index is 12.4. The average Bonchev–Trinajstić information content (AvgIpc) is 2.40. The van der Waals surface area contributed by atoms with E-state index in [1.165, 1.54) is 23.3 Å². The SMILES string of the molecule is Cc1cccc(C(C)C)c1NC(=O)C[NH+]1CCC[C@@H](C)C1. The minimum Gasteiger partial charge on any atom is -0.327 e. The van der Waals surface area contributed by atoms with Gasteiger partial charge in [-0.15, -0.1) is 0 Å². The molecule has 0 radical (unpaired) electrons. The third-order valence-corrected chi connectivity index (χ3v) is 4.47. The van der Waals surface area contributed by atoms with E-state index in [9.17, 15) is 4.79 Å². The molecule has 2 atom stereocenters. The summed E-state index contributed by atoms with van der Waals surface area (Å²) in [7, 11) is 0. The monoisotopic (exact) mass is 289 g/mol. The minimum absolute atomic E-state index is 0.148. The Kier molecular flexibility index (Phi) is 5.40. The fraction of sp³-hybridized carbons (Fsp3) is 0.611. The minimum atomic E-state index is 0.148. The molecule has 3 heteroatoms. The number of quaternary nitrogens is 1. The molecule has 0 saturated carbocycles. The fourth-order valence-corrected chi connectivity index (χ4v) is 3.31. The zero-order valence-electron chi connectivity index (χ0n) is 13.8. The Morgan fingerprint density at radius 3 is 2.86 bits per heavy atom. The van der Waals surface area contributed by atoms with Gasteiger partial charge < -0.3 is 10.2 Å². The molecule has 21 heavy (non-hydrogen) atoms. The molecule has 1 unspecified atom stereocenters. The van der Waals surface area contributed by atoms with Crippen LogP contribution >= 0.6 is 0 Å². The lowest BCUT2D eigenvalue weighted by molar-refractivity contribution is -0.900. The van der Waals surface area contributed by atoms with Crippen LogP contribution in [0.15, 0.2) is 18.2 Å². The second kappa shape index (κ2) is 7.08. The van der Waals surface area contributed by atoms with Crippen molar-refractivity contribution in [2.24, 2.45) is 5.92 Å². The topological polar surface area (TPSA) is 33.5 Å². The van der Waals surface area contributed by atoms with E-state index >= 15 is 0 Å². The van der Waals surface area contributed by atoms with Gasteiger partial charge in [-0.3, -0.25) is 4.79 Å². The molecule has 116 valence electrons. The van der Waals surface area contributed by atoms with Crippen molar-refractivity contribution in [3.8, 4) is 0 Å². The number of rotatable bonds is 4. The van der Waals surface area contributed by atoms with Gasteiger partial charge in [-0.1, -0.05) is 39.0 Å². The maximum atomic E-state index is 12.4. The summed E-state index contributed by atoms with van der Waals surface area (Å²) >= 11 is 0. The number of hydrogen-bond acceptors (Lipinski definition) is 1. The first-order chi connectivity index (χ1) is 9.97. The Morgan fingerprint density at radius 1 is 1.43 bits per heavy atom. The molecule has 0 aliphatic carbocycles. The number of carbonyl (C=O) groups is 1. The van der Waals surface area contributed by atoms with Crippen LogP contribution in [-0.4, -0.2) is 25.5 Å². The largest absolute Gasteiger partial charge is 0.327 e. The van der Waals surface area contributed by atoms with Crippen molar-refractivity contribution in [3.63, 3.8) is 0 Å². The quantitative estimate of drug-likeness (QED) is 0.876. The van der Waals surface area contributed by atoms with Crippen molar-refractivity contribution in [1.29, 1.82) is 0 Å². The van der Waals surface area contributed by atoms with Gasteiger partial charge in [0.2, 0.25) is 0 Å². The van der Waals surface area contributed by atoms with Crippen LogP contribution in [0.3, 0.4) is 0 Å². The average molecular weight is 289 g/mol. The number of likely N-dealkylation sites (tertiary alicyclic amines) is 1. The standard InChI is InChI=1S/C18H28N2O/c1-13(2)16-9-5-8-15(4)18(16)19-17(21)12-20-10-6-7-14(3)11-20/h5,8-9,13-14H,6-7,10-12H2,1-4H3,(H,19,21)/p+1/t14-/m1/s1. The van der Waals surface area contributed by atoms with E-state index in [0.29, 0.717) is 12.5 Å². The first-order valence-electron chi connectivity index (χ1n) is 8.20. The first-order valence-corrected chi connectivity index (χ1v) is 8.20. The van der Waals surface area contributed by atoms with Crippen molar-refractivity contribution < 1.29 is 9.69 Å². The number of nitrogens with one attached hydrogen (secondary N) is 2. The summed E-state index contributed by atoms with van der Waals surface area (Å²) in [4.78, 5) is 13.8. The summed E-state index contributed by atoms with van der Waals surface area (Å²) in [6.07, 6.45) is 2.55. The Labute approximate surface area is 128 Å². The Hall–Kier alpha value is -1.35. The Morgan fingerprint density at radius 2 is 2.19 bits per heavy atom. The molecule has 2 N–H and O–H groups in total. The summed E-state index contributed by atoms with van der Waals surface area (Å²) in [5.41, 5.74) is 3.39. The van der Waals surface area contributed by atoms with Gasteiger partial charge in [-0.25, -0.2) is 0 Å². The number of para-hydroxylation sites is 1. The number of benzene rings is 1. The molecule has 3 nitrogen and oxygen atoms in total. The van der Waals surface area contributed by atoms with Gasteiger partial charge in [0.1, 0.15) is 0 Å². The molecule has 1 saturated heterocycles. The smallest absolute Gasteiger partial charge is 0.279 e. The first kappa shape index (κ1) is 16.0. The van der Waals surface area contributed by atoms with Gasteiger partial charge >= 0.3 is 0 Å². The molecule has 1 aliphatic heterocycles. The number of carbonyl (C=O) groups excluding carboxylic acids is 1. The summed E-state index contributed by atoms with van der Waals surface area (Å²) < 4.78 is 0. The number of amides is 1. The van der Waals surface area contributed by atoms with Crippen LogP contribution in [0.4, 0.5) is 5.69 Å². The summed E-state index contributed by atoms with van der Waals surface area (Å²) in [6, 6.07) is 6.25. The molecular formula is C18H29N2O+. The van der Waals surface area contributed by atoms with Crippen LogP contribution < -0.4 is 10.2 Å². The van der Waals surface area contributed by atoms with Crippen molar-refractivity contribution in [2.75, 3.05) is 25.0 Å². The van der Waals surface area contributed by atoms with Crippen molar-refractivity contribution in [3.05, 3.63) is 29.3 Å². The van der Waals surface area contributed by atoms with Crippen molar-refractivity contribution in [2.45, 2.75) is 46.5 Å². The lowest BCUT2D eigenvalue weighted by atomic mass is 9.98. The predicted molar refractivity (Wildman–Crippen MR) is 87.9 cm³/mol. The second-order valence-electron chi connectivity index (χ2n) is 6.87. The normalized spacial score (nSPS) is 22.3. The molecule has 0 bridgehead atoms. The number of aryl methyl sites for hydroxylation is 1.